The van der Waals surface area contributed by atoms with E-state index in [1.807, 2.05) is 35.0 Å². The first kappa shape index (κ1) is 30.0. The molecule has 6 aromatic carbocycles. The molecule has 48 heavy (non-hydrogen) atoms. The van der Waals surface area contributed by atoms with Crippen molar-refractivity contribution in [3.8, 4) is 11.5 Å². The van der Waals surface area contributed by atoms with E-state index in [2.05, 4.69) is 172 Å². The molecule has 0 saturated heterocycles. The molecule has 232 valence electrons. The summed E-state index contributed by atoms with van der Waals surface area (Å²) in [6, 6.07) is 65.6. The average Bonchev–Trinajstić information content (AvgIpc) is 3.71. The van der Waals surface area contributed by atoms with Gasteiger partial charge in [-0.2, -0.15) is 53.5 Å². The zero-order chi connectivity index (χ0) is 31.2. The molecule has 0 amide bonds. The first-order valence-corrected chi connectivity index (χ1v) is 17.7. The van der Waals surface area contributed by atoms with Crippen LogP contribution in [0.2, 0.25) is 0 Å². The topological polar surface area (TPSA) is 26.6 Å². The van der Waals surface area contributed by atoms with Crippen LogP contribution in [0.5, 0.6) is 0 Å². The van der Waals surface area contributed by atoms with Crippen molar-refractivity contribution >= 4 is 56.6 Å². The molecule has 0 aliphatic heterocycles. The Morgan fingerprint density at radius 3 is 2.00 bits per heavy atom. The summed E-state index contributed by atoms with van der Waals surface area (Å²) in [7, 11) is -3.08. The molecule has 4 nitrogen and oxygen atoms in total. The normalized spacial score (nSPS) is 11.6. The van der Waals surface area contributed by atoms with Crippen molar-refractivity contribution in [2.45, 2.75) is 0 Å². The SMILES string of the molecule is [Pt].[c-]1c(-n2[c-][n+](-c3ccccn3)c3ccccc32)cccc1[Si](c1ccccc1)(c1ccccc1)n1c2[c-]cccc2c2ccccc21. The number of rotatable bonds is 6. The van der Waals surface area contributed by atoms with Crippen LogP contribution in [0.4, 0.5) is 0 Å². The summed E-state index contributed by atoms with van der Waals surface area (Å²) >= 11 is 0. The van der Waals surface area contributed by atoms with Crippen molar-refractivity contribution in [3.63, 3.8) is 0 Å². The molecule has 3 heterocycles. The third-order valence-electron chi connectivity index (χ3n) is 9.06. The summed E-state index contributed by atoms with van der Waals surface area (Å²) in [4.78, 5) is 4.64. The molecule has 6 heteroatoms. The zero-order valence-corrected chi connectivity index (χ0v) is 29.0. The smallest absolute Gasteiger partial charge is 0.230 e. The van der Waals surface area contributed by atoms with Crippen molar-refractivity contribution in [1.29, 1.82) is 0 Å². The van der Waals surface area contributed by atoms with E-state index >= 15 is 0 Å². The van der Waals surface area contributed by atoms with E-state index in [-0.39, 0.29) is 21.1 Å². The van der Waals surface area contributed by atoms with E-state index in [0.717, 1.165) is 33.2 Å². The first-order valence-electron chi connectivity index (χ1n) is 15.7. The van der Waals surface area contributed by atoms with Crippen molar-refractivity contribution in [2.24, 2.45) is 0 Å². The van der Waals surface area contributed by atoms with E-state index in [0.29, 0.717) is 0 Å². The summed E-state index contributed by atoms with van der Waals surface area (Å²) in [5.74, 6) is 0.816. The largest absolute Gasteiger partial charge is 0.380 e. The number of para-hydroxylation sites is 4. The summed E-state index contributed by atoms with van der Waals surface area (Å²) in [5.41, 5.74) is 5.26. The average molecular weight is 812 g/mol. The third-order valence-corrected chi connectivity index (χ3v) is 13.6. The zero-order valence-electron chi connectivity index (χ0n) is 25.8. The van der Waals surface area contributed by atoms with Crippen LogP contribution < -0.4 is 20.1 Å². The second-order valence-electron chi connectivity index (χ2n) is 11.6. The van der Waals surface area contributed by atoms with Gasteiger partial charge in [-0.3, -0.25) is 4.57 Å². The van der Waals surface area contributed by atoms with Crippen LogP contribution in [-0.4, -0.2) is 22.0 Å². The predicted octanol–water partition coefficient (Wildman–Crippen LogP) is 6.32. The van der Waals surface area contributed by atoms with Crippen LogP contribution in [0.3, 0.4) is 0 Å². The second kappa shape index (κ2) is 12.3. The Balaban J connectivity index is 0.00000336. The summed E-state index contributed by atoms with van der Waals surface area (Å²) in [6.45, 7) is 0. The van der Waals surface area contributed by atoms with Gasteiger partial charge >= 0.3 is 0 Å². The molecule has 9 aromatic rings. The van der Waals surface area contributed by atoms with Gasteiger partial charge < -0.3 is 8.80 Å². The van der Waals surface area contributed by atoms with E-state index in [4.69, 9.17) is 0 Å². The number of hydrogen-bond acceptors (Lipinski definition) is 1. The van der Waals surface area contributed by atoms with Crippen molar-refractivity contribution in [2.75, 3.05) is 0 Å². The molecule has 0 spiro atoms. The van der Waals surface area contributed by atoms with Gasteiger partial charge in [0.1, 0.15) is 0 Å². The number of pyridine rings is 1. The van der Waals surface area contributed by atoms with E-state index in [1.54, 1.807) is 0 Å². The predicted molar refractivity (Wildman–Crippen MR) is 191 cm³/mol. The van der Waals surface area contributed by atoms with Gasteiger partial charge in [-0.1, -0.05) is 120 Å². The van der Waals surface area contributed by atoms with Gasteiger partial charge in [0.25, 0.3) is 0 Å². The third kappa shape index (κ3) is 4.62. The maximum atomic E-state index is 4.64. The molecule has 0 bridgehead atoms. The van der Waals surface area contributed by atoms with Gasteiger partial charge in [-0.05, 0) is 34.0 Å². The Morgan fingerprint density at radius 1 is 0.583 bits per heavy atom. The minimum absolute atomic E-state index is 0. The number of hydrogen-bond donors (Lipinski definition) is 0. The van der Waals surface area contributed by atoms with Crippen LogP contribution >= 0.6 is 0 Å². The molecule has 9 rings (SSSR count). The molecular formula is C42H28N4PtSi-2. The number of nitrogens with zero attached hydrogens (tertiary/aromatic N) is 4. The number of fused-ring (bicyclic) bond motifs is 4. The maximum Gasteiger partial charge on any atom is 0.230 e. The second-order valence-corrected chi connectivity index (χ2v) is 15.2. The fourth-order valence-electron chi connectivity index (χ4n) is 7.10. The summed E-state index contributed by atoms with van der Waals surface area (Å²) in [6.07, 6.45) is 5.43. The molecule has 0 unspecified atom stereocenters. The van der Waals surface area contributed by atoms with Gasteiger partial charge in [0.2, 0.25) is 14.1 Å². The van der Waals surface area contributed by atoms with Gasteiger partial charge in [0.15, 0.2) is 6.33 Å². The van der Waals surface area contributed by atoms with Crippen LogP contribution in [0, 0.1) is 18.5 Å². The van der Waals surface area contributed by atoms with Crippen LogP contribution in [0.25, 0.3) is 44.3 Å². The van der Waals surface area contributed by atoms with E-state index in [9.17, 15) is 0 Å². The van der Waals surface area contributed by atoms with Crippen LogP contribution in [-0.2, 0) is 21.1 Å². The Hall–Kier alpha value is -5.35. The van der Waals surface area contributed by atoms with Crippen LogP contribution in [0.15, 0.2) is 170 Å². The minimum Gasteiger partial charge on any atom is -0.380 e. The summed E-state index contributed by atoms with van der Waals surface area (Å²) in [5, 5.41) is 6.10. The molecule has 0 saturated carbocycles. The van der Waals surface area contributed by atoms with Gasteiger partial charge in [0, 0.05) is 37.6 Å². The van der Waals surface area contributed by atoms with E-state index in [1.165, 1.54) is 26.7 Å². The number of aromatic nitrogens is 4. The Kier molecular flexibility index (Phi) is 7.72. The Labute approximate surface area is 294 Å². The molecule has 0 atom stereocenters. The molecule has 0 aliphatic carbocycles. The fourth-order valence-corrected chi connectivity index (χ4v) is 11.9. The number of imidazole rings is 1. The van der Waals surface area contributed by atoms with Crippen molar-refractivity contribution in [1.82, 2.24) is 13.8 Å². The Bertz CT molecular complexity index is 2430. The van der Waals surface area contributed by atoms with Gasteiger partial charge in [-0.25, -0.2) is 0 Å². The molecule has 3 aromatic heterocycles. The molecule has 0 radical (unpaired) electrons. The molecular weight excluding hydrogens is 784 g/mol. The monoisotopic (exact) mass is 811 g/mol. The number of benzene rings is 6. The standard InChI is InChI=1S/C42H28N4Si.Pt/c1-3-17-33(18-4-1)47(34-19-5-2-6-20-34,46-38-24-9-7-22-36(38)37-23-8-10-25-39(37)46)35-21-15-16-32(30-35)44-31-45(42-28-13-14-29-43-42)41-27-12-11-26-40(41)44;/h1-24,26-29H;/q-2;. The maximum absolute atomic E-state index is 4.64. The molecule has 0 N–H and O–H groups in total. The summed E-state index contributed by atoms with van der Waals surface area (Å²) < 4.78 is 6.74. The van der Waals surface area contributed by atoms with Gasteiger partial charge in [0.05, 0.1) is 6.20 Å². The molecule has 0 aliphatic rings. The minimum atomic E-state index is -3.08. The van der Waals surface area contributed by atoms with Gasteiger partial charge in [-0.15, -0.1) is 10.6 Å². The Morgan fingerprint density at radius 2 is 1.25 bits per heavy atom. The van der Waals surface area contributed by atoms with Crippen molar-refractivity contribution in [3.05, 3.63) is 188 Å². The van der Waals surface area contributed by atoms with Crippen molar-refractivity contribution < 1.29 is 25.6 Å². The molecule has 0 fully saturated rings. The fraction of sp³-hybridized carbons (Fsp3) is 0. The van der Waals surface area contributed by atoms with E-state index < -0.39 is 8.24 Å². The van der Waals surface area contributed by atoms with Crippen LogP contribution in [0.1, 0.15) is 0 Å². The first-order chi connectivity index (χ1) is 23.3. The quantitative estimate of drug-likeness (QED) is 0.0837.